The Morgan fingerprint density at radius 3 is 2.78 bits per heavy atom. The first-order valence-corrected chi connectivity index (χ1v) is 6.12. The van der Waals surface area contributed by atoms with E-state index in [1.54, 1.807) is 6.07 Å². The van der Waals surface area contributed by atoms with Gasteiger partial charge in [-0.1, -0.05) is 11.3 Å². The first kappa shape index (κ1) is 13.1. The van der Waals surface area contributed by atoms with E-state index in [1.165, 1.54) is 23.5 Å². The van der Waals surface area contributed by atoms with Crippen LogP contribution in [0.2, 0.25) is 0 Å². The van der Waals surface area contributed by atoms with E-state index >= 15 is 0 Å². The molecule has 0 fully saturated rings. The predicted molar refractivity (Wildman–Crippen MR) is 63.4 cm³/mol. The summed E-state index contributed by atoms with van der Waals surface area (Å²) in [5.74, 6) is -0.378. The second-order valence-electron chi connectivity index (χ2n) is 3.78. The van der Waals surface area contributed by atoms with E-state index in [0.29, 0.717) is 10.6 Å². The van der Waals surface area contributed by atoms with Crippen molar-refractivity contribution in [3.8, 4) is 0 Å². The summed E-state index contributed by atoms with van der Waals surface area (Å²) < 4.78 is 49.4. The highest BCUT2D eigenvalue weighted by atomic mass is 32.1. The van der Waals surface area contributed by atoms with E-state index in [4.69, 9.17) is 0 Å². The molecule has 1 aromatic heterocycles. The van der Waals surface area contributed by atoms with Gasteiger partial charge in [-0.15, -0.1) is 0 Å². The van der Waals surface area contributed by atoms with Gasteiger partial charge in [-0.2, -0.15) is 13.2 Å². The van der Waals surface area contributed by atoms with E-state index in [1.807, 2.05) is 0 Å². The number of aromatic nitrogens is 1. The number of rotatable bonds is 4. The Hall–Kier alpha value is -1.37. The minimum atomic E-state index is -4.13. The highest BCUT2D eigenvalue weighted by Crippen LogP contribution is 2.27. The zero-order valence-corrected chi connectivity index (χ0v) is 10.0. The van der Waals surface area contributed by atoms with Gasteiger partial charge in [0.25, 0.3) is 0 Å². The Bertz CT molecular complexity index is 535. The molecule has 0 bridgehead atoms. The minimum absolute atomic E-state index is 0.00616. The van der Waals surface area contributed by atoms with Crippen molar-refractivity contribution in [3.05, 3.63) is 24.0 Å². The van der Waals surface area contributed by atoms with Crippen LogP contribution in [0.4, 0.5) is 22.7 Å². The fourth-order valence-corrected chi connectivity index (χ4v) is 2.33. The molecule has 0 spiro atoms. The molecule has 7 heteroatoms. The number of nitrogens with one attached hydrogen (secondary N) is 1. The molecule has 0 aliphatic rings. The molecule has 2 nitrogen and oxygen atoms in total. The standard InChI is InChI=1S/C11H10F4N2S/c12-7-2-3-9-8(6-7)17-10(18-9)16-5-1-4-11(13,14)15/h2-3,6H,1,4-5H2,(H,16,17). The van der Waals surface area contributed by atoms with E-state index in [-0.39, 0.29) is 18.8 Å². The predicted octanol–water partition coefficient (Wildman–Crippen LogP) is 4.19. The Morgan fingerprint density at radius 1 is 1.28 bits per heavy atom. The minimum Gasteiger partial charge on any atom is -0.361 e. The molecule has 1 aromatic carbocycles. The summed E-state index contributed by atoms with van der Waals surface area (Å²) in [5, 5.41) is 3.32. The summed E-state index contributed by atoms with van der Waals surface area (Å²) in [7, 11) is 0. The fourth-order valence-electron chi connectivity index (χ4n) is 1.46. The van der Waals surface area contributed by atoms with Gasteiger partial charge in [0.15, 0.2) is 5.13 Å². The van der Waals surface area contributed by atoms with Crippen molar-refractivity contribution in [2.24, 2.45) is 0 Å². The molecule has 0 amide bonds. The summed E-state index contributed by atoms with van der Waals surface area (Å²) in [6.07, 6.45) is -4.95. The zero-order valence-electron chi connectivity index (χ0n) is 9.22. The lowest BCUT2D eigenvalue weighted by Crippen LogP contribution is -2.10. The number of hydrogen-bond donors (Lipinski definition) is 1. The van der Waals surface area contributed by atoms with Gasteiger partial charge < -0.3 is 5.32 Å². The summed E-state index contributed by atoms with van der Waals surface area (Å²) in [6, 6.07) is 4.23. The Balaban J connectivity index is 1.92. The lowest BCUT2D eigenvalue weighted by atomic mass is 10.3. The molecule has 0 saturated carbocycles. The Morgan fingerprint density at radius 2 is 2.06 bits per heavy atom. The third kappa shape index (κ3) is 3.56. The molecule has 0 aliphatic heterocycles. The van der Waals surface area contributed by atoms with Crippen molar-refractivity contribution in [3.63, 3.8) is 0 Å². The number of halogens is 4. The number of alkyl halides is 3. The highest BCUT2D eigenvalue weighted by Gasteiger charge is 2.25. The maximum absolute atomic E-state index is 12.9. The first-order chi connectivity index (χ1) is 8.44. The largest absolute Gasteiger partial charge is 0.389 e. The number of fused-ring (bicyclic) bond motifs is 1. The van der Waals surface area contributed by atoms with Crippen LogP contribution in [0.5, 0.6) is 0 Å². The third-order valence-corrected chi connectivity index (χ3v) is 3.26. The average Bonchev–Trinajstić information content (AvgIpc) is 2.65. The second-order valence-corrected chi connectivity index (χ2v) is 4.81. The average molecular weight is 278 g/mol. The quantitative estimate of drug-likeness (QED) is 0.670. The molecule has 18 heavy (non-hydrogen) atoms. The van der Waals surface area contributed by atoms with E-state index in [0.717, 1.165) is 4.70 Å². The van der Waals surface area contributed by atoms with Crippen molar-refractivity contribution in [2.75, 3.05) is 11.9 Å². The van der Waals surface area contributed by atoms with Crippen molar-refractivity contribution >= 4 is 26.7 Å². The SMILES string of the molecule is Fc1ccc2sc(NCCCC(F)(F)F)nc2c1. The third-order valence-electron chi connectivity index (χ3n) is 2.26. The molecule has 0 aliphatic carbocycles. The molecule has 0 unspecified atom stereocenters. The van der Waals surface area contributed by atoms with Crippen LogP contribution in [0.3, 0.4) is 0 Å². The molecule has 0 radical (unpaired) electrons. The molecule has 2 aromatic rings. The maximum atomic E-state index is 12.9. The van der Waals surface area contributed by atoms with E-state index in [9.17, 15) is 17.6 Å². The van der Waals surface area contributed by atoms with Gasteiger partial charge in [0, 0.05) is 19.0 Å². The molecule has 0 atom stereocenters. The first-order valence-electron chi connectivity index (χ1n) is 5.31. The van der Waals surface area contributed by atoms with Crippen LogP contribution in [0.15, 0.2) is 18.2 Å². The van der Waals surface area contributed by atoms with Crippen molar-refractivity contribution in [1.29, 1.82) is 0 Å². The Labute approximate surface area is 105 Å². The van der Waals surface area contributed by atoms with Gasteiger partial charge in [0.1, 0.15) is 5.82 Å². The number of hydrogen-bond acceptors (Lipinski definition) is 3. The molecular formula is C11H10F4N2S. The summed E-state index contributed by atoms with van der Waals surface area (Å²) in [4.78, 5) is 4.09. The lowest BCUT2D eigenvalue weighted by Gasteiger charge is -2.05. The van der Waals surface area contributed by atoms with E-state index in [2.05, 4.69) is 10.3 Å². The van der Waals surface area contributed by atoms with Crippen molar-refractivity contribution in [1.82, 2.24) is 4.98 Å². The molecule has 1 N–H and O–H groups in total. The fraction of sp³-hybridized carbons (Fsp3) is 0.364. The smallest absolute Gasteiger partial charge is 0.361 e. The van der Waals surface area contributed by atoms with Crippen LogP contribution in [0.25, 0.3) is 10.2 Å². The van der Waals surface area contributed by atoms with Crippen molar-refractivity contribution < 1.29 is 17.6 Å². The second kappa shape index (κ2) is 5.09. The molecule has 0 saturated heterocycles. The van der Waals surface area contributed by atoms with Crippen LogP contribution in [0.1, 0.15) is 12.8 Å². The van der Waals surface area contributed by atoms with Crippen LogP contribution in [0, 0.1) is 5.82 Å². The number of anilines is 1. The number of thiazole rings is 1. The lowest BCUT2D eigenvalue weighted by molar-refractivity contribution is -0.134. The van der Waals surface area contributed by atoms with Crippen LogP contribution >= 0.6 is 11.3 Å². The van der Waals surface area contributed by atoms with Crippen molar-refractivity contribution in [2.45, 2.75) is 19.0 Å². The van der Waals surface area contributed by atoms with Gasteiger partial charge in [0.05, 0.1) is 10.2 Å². The van der Waals surface area contributed by atoms with Gasteiger partial charge in [-0.3, -0.25) is 0 Å². The summed E-state index contributed by atoms with van der Waals surface area (Å²) >= 11 is 1.29. The normalized spacial score (nSPS) is 12.0. The highest BCUT2D eigenvalue weighted by molar-refractivity contribution is 7.22. The maximum Gasteiger partial charge on any atom is 0.389 e. The van der Waals surface area contributed by atoms with Crippen LogP contribution in [-0.4, -0.2) is 17.7 Å². The topological polar surface area (TPSA) is 24.9 Å². The molecule has 98 valence electrons. The van der Waals surface area contributed by atoms with Crippen LogP contribution < -0.4 is 5.32 Å². The van der Waals surface area contributed by atoms with Gasteiger partial charge in [-0.25, -0.2) is 9.37 Å². The molecule has 2 rings (SSSR count). The Kier molecular flexibility index (Phi) is 3.70. The monoisotopic (exact) mass is 278 g/mol. The van der Waals surface area contributed by atoms with Gasteiger partial charge in [-0.05, 0) is 18.6 Å². The number of nitrogens with zero attached hydrogens (tertiary/aromatic N) is 1. The van der Waals surface area contributed by atoms with E-state index < -0.39 is 12.6 Å². The molecule has 1 heterocycles. The number of benzene rings is 1. The summed E-state index contributed by atoms with van der Waals surface area (Å²) in [5.41, 5.74) is 0.512. The zero-order chi connectivity index (χ0) is 13.2. The van der Waals surface area contributed by atoms with Crippen LogP contribution in [-0.2, 0) is 0 Å². The van der Waals surface area contributed by atoms with Gasteiger partial charge >= 0.3 is 6.18 Å². The summed E-state index contributed by atoms with van der Waals surface area (Å²) in [6.45, 7) is 0.196. The molecular weight excluding hydrogens is 268 g/mol. The van der Waals surface area contributed by atoms with Gasteiger partial charge in [0.2, 0.25) is 0 Å².